The predicted molar refractivity (Wildman–Crippen MR) is 221 cm³/mol. The summed E-state index contributed by atoms with van der Waals surface area (Å²) < 4.78 is 5.95. The van der Waals surface area contributed by atoms with E-state index in [9.17, 15) is 19.5 Å². The molecule has 10 rings (SSSR count). The van der Waals surface area contributed by atoms with Gasteiger partial charge in [-0.15, -0.1) is 0 Å². The summed E-state index contributed by atoms with van der Waals surface area (Å²) in [5, 5.41) is 25.9. The molecule has 310 valence electrons. The fraction of sp³-hybridized carbons (Fsp3) is 0.545. The van der Waals surface area contributed by atoms with Gasteiger partial charge in [0.25, 0.3) is 5.91 Å². The molecule has 15 nitrogen and oxygen atoms in total. The molecule has 6 N–H and O–H groups in total. The van der Waals surface area contributed by atoms with E-state index in [4.69, 9.17) is 15.2 Å². The van der Waals surface area contributed by atoms with Crippen LogP contribution in [0.1, 0.15) is 102 Å². The molecule has 59 heavy (non-hydrogen) atoms. The molecule has 7 heterocycles. The molecule has 6 atom stereocenters. The third kappa shape index (κ3) is 7.36. The van der Waals surface area contributed by atoms with Gasteiger partial charge in [0.15, 0.2) is 17.1 Å². The Morgan fingerprint density at radius 3 is 2.56 bits per heavy atom. The van der Waals surface area contributed by atoms with E-state index in [-0.39, 0.29) is 29.6 Å². The first-order valence-corrected chi connectivity index (χ1v) is 21.6. The van der Waals surface area contributed by atoms with Crippen molar-refractivity contribution in [1.82, 2.24) is 35.6 Å². The molecule has 5 saturated heterocycles. The van der Waals surface area contributed by atoms with Gasteiger partial charge in [0.1, 0.15) is 12.0 Å². The standard InChI is InChI=1S/C44H54N10O5/c1-52-13-14-54(44(52)58)32-3-2-12-53(23-32)36-22-46-39(41(45)56)42(49-36)48-29-7-4-26(5-8-29)28-20-30-17-25(18-31(21-28)47-30)15-24-16-27-6-9-33-38(51-59-40(33)35(27)19-24)34-10-11-37(55)50-43(34)57/h4-9,22,24-25,28,30-32,34,43,47,57H,2-3,10-21,23H2,1H3,(H2,45,56)(H,48,49)(H,50,55)/t24-,25?,28?,30?,31?,32-,34?,43?/m1/s1. The maximum Gasteiger partial charge on any atom is 0.320 e. The number of carbonyl (C=O) groups is 3. The third-order valence-electron chi connectivity index (χ3n) is 14.2. The number of aromatic nitrogens is 3. The van der Waals surface area contributed by atoms with Crippen LogP contribution in [0, 0.1) is 11.8 Å². The summed E-state index contributed by atoms with van der Waals surface area (Å²) in [6.07, 6.45) is 11.3. The van der Waals surface area contributed by atoms with Crippen molar-refractivity contribution in [3.05, 3.63) is 70.7 Å². The smallest absolute Gasteiger partial charge is 0.320 e. The zero-order chi connectivity index (χ0) is 40.4. The van der Waals surface area contributed by atoms with Crippen LogP contribution >= 0.6 is 0 Å². The van der Waals surface area contributed by atoms with Gasteiger partial charge in [0, 0.05) is 68.4 Å². The minimum atomic E-state index is -0.944. The molecule has 4 amide bonds. The van der Waals surface area contributed by atoms with Gasteiger partial charge in [0.2, 0.25) is 5.91 Å². The van der Waals surface area contributed by atoms with Crippen molar-refractivity contribution in [3.8, 4) is 0 Å². The van der Waals surface area contributed by atoms with E-state index >= 15 is 0 Å². The number of benzene rings is 2. The van der Waals surface area contributed by atoms with Crippen LogP contribution in [0.15, 0.2) is 47.1 Å². The molecule has 6 aliphatic rings. The summed E-state index contributed by atoms with van der Waals surface area (Å²) in [6, 6.07) is 14.0. The number of primary amides is 1. The van der Waals surface area contributed by atoms with Crippen LogP contribution in [0.5, 0.6) is 0 Å². The number of nitrogens with two attached hydrogens (primary N) is 1. The maximum atomic E-state index is 12.7. The summed E-state index contributed by atoms with van der Waals surface area (Å²) in [5.74, 6) is 1.68. The zero-order valence-corrected chi connectivity index (χ0v) is 33.6. The predicted octanol–water partition coefficient (Wildman–Crippen LogP) is 4.53. The number of fused-ring (bicyclic) bond motifs is 5. The van der Waals surface area contributed by atoms with Crippen LogP contribution in [0.25, 0.3) is 11.0 Å². The second-order valence-electron chi connectivity index (χ2n) is 18.1. The fourth-order valence-corrected chi connectivity index (χ4v) is 11.3. The number of anilines is 3. The topological polar surface area (TPSA) is 195 Å². The normalized spacial score (nSPS) is 29.5. The monoisotopic (exact) mass is 802 g/mol. The number of aliphatic hydroxyl groups excluding tert-OH is 1. The second-order valence-corrected chi connectivity index (χ2v) is 18.1. The number of nitrogens with one attached hydrogen (secondary N) is 3. The van der Waals surface area contributed by atoms with Gasteiger partial charge in [0.05, 0.1) is 23.9 Å². The molecule has 4 aromatic rings. The lowest BCUT2D eigenvalue weighted by Gasteiger charge is -2.44. The molecular formula is C44H54N10O5. The van der Waals surface area contributed by atoms with Crippen molar-refractivity contribution in [3.63, 3.8) is 0 Å². The Balaban J connectivity index is 0.757. The Morgan fingerprint density at radius 1 is 1.00 bits per heavy atom. The maximum absolute atomic E-state index is 12.7. The number of piperidine rings is 4. The average Bonchev–Trinajstić information content (AvgIpc) is 3.94. The zero-order valence-electron chi connectivity index (χ0n) is 33.6. The van der Waals surface area contributed by atoms with Crippen LogP contribution in [0.4, 0.5) is 22.1 Å². The van der Waals surface area contributed by atoms with Gasteiger partial charge in [-0.2, -0.15) is 0 Å². The number of likely N-dealkylation sites (N-methyl/N-ethyl adjacent to an activating group) is 1. The summed E-state index contributed by atoms with van der Waals surface area (Å²) in [5.41, 5.74) is 12.2. The summed E-state index contributed by atoms with van der Waals surface area (Å²) in [7, 11) is 1.84. The minimum absolute atomic E-state index is 0.0734. The average molecular weight is 803 g/mol. The molecule has 0 radical (unpaired) electrons. The third-order valence-corrected chi connectivity index (χ3v) is 14.2. The second kappa shape index (κ2) is 15.4. The Kier molecular flexibility index (Phi) is 9.90. The van der Waals surface area contributed by atoms with Gasteiger partial charge < -0.3 is 46.0 Å². The van der Waals surface area contributed by atoms with E-state index in [1.54, 1.807) is 11.1 Å². The van der Waals surface area contributed by atoms with Crippen LogP contribution in [0.2, 0.25) is 0 Å². The van der Waals surface area contributed by atoms with E-state index in [0.29, 0.717) is 60.9 Å². The number of carbonyl (C=O) groups excluding carboxylic acids is 3. The minimum Gasteiger partial charge on any atom is -0.373 e. The van der Waals surface area contributed by atoms with Crippen LogP contribution in [-0.4, -0.2) is 105 Å². The molecule has 0 spiro atoms. The first kappa shape index (κ1) is 38.0. The van der Waals surface area contributed by atoms with E-state index < -0.39 is 12.1 Å². The van der Waals surface area contributed by atoms with Crippen molar-refractivity contribution in [2.45, 2.75) is 107 Å². The Hall–Kier alpha value is -5.28. The Bertz CT molecular complexity index is 2250. The van der Waals surface area contributed by atoms with Gasteiger partial charge in [-0.25, -0.2) is 14.8 Å². The number of amides is 4. The van der Waals surface area contributed by atoms with Gasteiger partial charge in [-0.3, -0.25) is 9.59 Å². The lowest BCUT2D eigenvalue weighted by atomic mass is 9.71. The van der Waals surface area contributed by atoms with Crippen molar-refractivity contribution in [1.29, 1.82) is 0 Å². The largest absolute Gasteiger partial charge is 0.373 e. The summed E-state index contributed by atoms with van der Waals surface area (Å²) in [6.45, 7) is 2.93. The molecule has 5 aliphatic heterocycles. The molecule has 4 unspecified atom stereocenters. The molecule has 1 aliphatic carbocycles. The highest BCUT2D eigenvalue weighted by molar-refractivity contribution is 5.96. The van der Waals surface area contributed by atoms with Crippen molar-refractivity contribution >= 4 is 46.1 Å². The lowest BCUT2D eigenvalue weighted by molar-refractivity contribution is -0.127. The first-order chi connectivity index (χ1) is 28.6. The number of hydrogen-bond donors (Lipinski definition) is 5. The van der Waals surface area contributed by atoms with Crippen molar-refractivity contribution in [2.24, 2.45) is 17.6 Å². The summed E-state index contributed by atoms with van der Waals surface area (Å²) in [4.78, 5) is 52.1. The molecular weight excluding hydrogens is 749 g/mol. The number of rotatable bonds is 9. The van der Waals surface area contributed by atoms with Crippen LogP contribution < -0.4 is 26.6 Å². The lowest BCUT2D eigenvalue weighted by Crippen LogP contribution is -2.50. The van der Waals surface area contributed by atoms with E-state index in [1.165, 1.54) is 36.0 Å². The van der Waals surface area contributed by atoms with Gasteiger partial charge in [-0.1, -0.05) is 23.4 Å². The first-order valence-electron chi connectivity index (χ1n) is 21.6. The molecule has 15 heteroatoms. The van der Waals surface area contributed by atoms with E-state index in [2.05, 4.69) is 67.4 Å². The highest BCUT2D eigenvalue weighted by Crippen LogP contribution is 2.44. The molecule has 2 aromatic carbocycles. The fourth-order valence-electron chi connectivity index (χ4n) is 11.3. The molecule has 0 saturated carbocycles. The van der Waals surface area contributed by atoms with Gasteiger partial charge in [-0.05, 0) is 111 Å². The number of urea groups is 1. The Labute approximate surface area is 343 Å². The van der Waals surface area contributed by atoms with E-state index in [0.717, 1.165) is 80.5 Å². The van der Waals surface area contributed by atoms with Gasteiger partial charge >= 0.3 is 6.03 Å². The highest BCUT2D eigenvalue weighted by atomic mass is 16.5. The van der Waals surface area contributed by atoms with Crippen molar-refractivity contribution < 1.29 is 24.0 Å². The molecule has 2 aromatic heterocycles. The quantitative estimate of drug-likeness (QED) is 0.160. The number of nitrogens with zero attached hydrogens (tertiary/aromatic N) is 6. The Morgan fingerprint density at radius 2 is 1.81 bits per heavy atom. The SMILES string of the molecule is CN1CCN([C@@H]2CCCN(c3cnc(C(N)=O)c(Nc4ccc(C5CC6CC(C[C@@H]7Cc8ccc9c(C%10CCC(=O)NC%10O)noc9c8C7)CC(C5)N6)cc4)n3)C2)C1=O. The van der Waals surface area contributed by atoms with Crippen molar-refractivity contribution in [2.75, 3.05) is 43.4 Å². The van der Waals surface area contributed by atoms with Crippen LogP contribution in [0.3, 0.4) is 0 Å². The highest BCUT2D eigenvalue weighted by Gasteiger charge is 2.39. The molecule has 5 fully saturated rings. The number of aliphatic hydroxyl groups is 1. The summed E-state index contributed by atoms with van der Waals surface area (Å²) >= 11 is 0. The van der Waals surface area contributed by atoms with E-state index in [1.807, 2.05) is 11.9 Å². The number of hydrogen-bond acceptors (Lipinski definition) is 11. The van der Waals surface area contributed by atoms with Crippen LogP contribution in [-0.2, 0) is 17.6 Å². The molecule has 2 bridgehead atoms.